The molecule has 0 unspecified atom stereocenters. The van der Waals surface area contributed by atoms with Gasteiger partial charge < -0.3 is 37.2 Å². The van der Waals surface area contributed by atoms with Crippen LogP contribution in [0.1, 0.15) is 215 Å². The number of nitrogens with one attached hydrogen (secondary N) is 7. The van der Waals surface area contributed by atoms with Gasteiger partial charge in [-0.05, 0) is 137 Å². The highest BCUT2D eigenvalue weighted by Crippen LogP contribution is 2.25. The van der Waals surface area contributed by atoms with E-state index in [1.165, 1.54) is 0 Å². The Morgan fingerprint density at radius 2 is 0.385 bits per heavy atom. The molecule has 0 fully saturated rings. The van der Waals surface area contributed by atoms with Crippen LogP contribution in [-0.2, 0) is 38.4 Å². The molecule has 0 aromatic rings. The van der Waals surface area contributed by atoms with Crippen molar-refractivity contribution in [1.29, 1.82) is 0 Å². The SMILES string of the molecule is CC(C)CC(CC(C)C)C(=O)NCCC(CCNC(=O)C(CC(C)C)CC(C)C)C(=O)NCCC(CCNC(=O)C(CCNC(=O)C(CC(C)C)CC(C)C)CCNC(=O)C(CC(C)C)CC(C)C)C(=O)NCC(=O)C(C)C. The maximum Gasteiger partial charge on any atom is 0.223 e. The van der Waals surface area contributed by atoms with Crippen LogP contribution in [-0.4, -0.2) is 92.9 Å². The van der Waals surface area contributed by atoms with Gasteiger partial charge in [0, 0.05) is 86.6 Å². The van der Waals surface area contributed by atoms with E-state index in [0.29, 0.717) is 99.2 Å². The molecule has 0 aromatic carbocycles. The fourth-order valence-electron chi connectivity index (χ4n) is 10.6. The van der Waals surface area contributed by atoms with Gasteiger partial charge in [0.05, 0.1) is 6.54 Å². The number of hydrogen-bond acceptors (Lipinski definition) is 8. The second kappa shape index (κ2) is 41.0. The van der Waals surface area contributed by atoms with Crippen molar-refractivity contribution in [1.82, 2.24) is 37.2 Å². The van der Waals surface area contributed by atoms with Crippen LogP contribution in [0.2, 0.25) is 0 Å². The Morgan fingerprint density at radius 3 is 0.538 bits per heavy atom. The van der Waals surface area contributed by atoms with E-state index >= 15 is 0 Å². The van der Waals surface area contributed by atoms with Gasteiger partial charge in [-0.3, -0.25) is 38.4 Å². The molecular weight excluding hydrogens is 983 g/mol. The first-order valence-electron chi connectivity index (χ1n) is 30.9. The number of carbonyl (C=O) groups is 8. The molecule has 0 saturated carbocycles. The van der Waals surface area contributed by atoms with Crippen LogP contribution in [0, 0.1) is 94.7 Å². The van der Waals surface area contributed by atoms with E-state index in [-0.39, 0.29) is 109 Å². The fraction of sp³-hybridized carbons (Fsp3) is 0.873. The first-order valence-corrected chi connectivity index (χ1v) is 30.9. The molecule has 0 aromatic heterocycles. The lowest BCUT2D eigenvalue weighted by Gasteiger charge is -2.24. The molecule has 7 N–H and O–H groups in total. The van der Waals surface area contributed by atoms with Crippen LogP contribution in [0.4, 0.5) is 0 Å². The number of Topliss-reactive ketones (excluding diaryl/α,β-unsaturated/α-hetero) is 1. The summed E-state index contributed by atoms with van der Waals surface area (Å²) in [4.78, 5) is 108. The summed E-state index contributed by atoms with van der Waals surface area (Å²) < 4.78 is 0. The van der Waals surface area contributed by atoms with E-state index < -0.39 is 17.8 Å². The monoisotopic (exact) mass is 1100 g/mol. The Kier molecular flexibility index (Phi) is 38.9. The zero-order valence-electron chi connectivity index (χ0n) is 52.9. The minimum atomic E-state index is -0.671. The average molecular weight is 1100 g/mol. The molecule has 15 nitrogen and oxygen atoms in total. The van der Waals surface area contributed by atoms with E-state index in [1.54, 1.807) is 13.8 Å². The van der Waals surface area contributed by atoms with Gasteiger partial charge in [-0.25, -0.2) is 0 Å². The molecule has 0 radical (unpaired) electrons. The summed E-state index contributed by atoms with van der Waals surface area (Å²) in [7, 11) is 0. The second-order valence-corrected chi connectivity index (χ2v) is 26.7. The highest BCUT2D eigenvalue weighted by atomic mass is 16.2. The predicted octanol–water partition coefficient (Wildman–Crippen LogP) is 10.0. The van der Waals surface area contributed by atoms with Crippen LogP contribution in [0.3, 0.4) is 0 Å². The zero-order chi connectivity index (χ0) is 59.7. The summed E-state index contributed by atoms with van der Waals surface area (Å²) >= 11 is 0. The smallest absolute Gasteiger partial charge is 0.223 e. The minimum Gasteiger partial charge on any atom is -0.356 e. The Bertz CT molecular complexity index is 1510. The maximum atomic E-state index is 14.1. The van der Waals surface area contributed by atoms with Crippen LogP contribution in [0.25, 0.3) is 0 Å². The first-order chi connectivity index (χ1) is 36.4. The normalized spacial score (nSPS) is 12.2. The Hall–Kier alpha value is -4.04. The lowest BCUT2D eigenvalue weighted by atomic mass is 9.88. The van der Waals surface area contributed by atoms with Crippen molar-refractivity contribution in [2.45, 2.75) is 215 Å². The Balaban J connectivity index is 6.43. The topological polar surface area (TPSA) is 221 Å². The second-order valence-electron chi connectivity index (χ2n) is 26.7. The van der Waals surface area contributed by atoms with Crippen molar-refractivity contribution in [3.8, 4) is 0 Å². The first kappa shape index (κ1) is 74.0. The van der Waals surface area contributed by atoms with Gasteiger partial charge in [0.15, 0.2) is 5.78 Å². The van der Waals surface area contributed by atoms with E-state index in [1.807, 2.05) is 0 Å². The Labute approximate surface area is 476 Å². The standard InChI is InChI=1S/C63H119N7O8/c1-40(2)31-52(32-41(3)4)60(75)66-27-19-49(20-28-67-61(76)53(33-42(5)6)34-43(7)8)57(72)64-25-23-51(59(74)70-39-56(71)48(17)18)24-26-65-58(73)50(21-29-68-62(77)54(35-44(9)10)36-45(11)12)22-30-69-63(78)55(37-46(13)14)38-47(15)16/h40-55H,19-39H2,1-18H3,(H,64,72)(H,65,73)(H,66,75)(H,67,76)(H,68,77)(H,69,78)(H,70,74). The molecule has 0 rings (SSSR count). The van der Waals surface area contributed by atoms with Crippen molar-refractivity contribution in [3.63, 3.8) is 0 Å². The molecule has 0 aliphatic rings. The van der Waals surface area contributed by atoms with Crippen molar-refractivity contribution in [2.75, 3.05) is 45.8 Å². The van der Waals surface area contributed by atoms with Crippen LogP contribution in [0.15, 0.2) is 0 Å². The van der Waals surface area contributed by atoms with Gasteiger partial charge in [-0.1, -0.05) is 125 Å². The third-order valence-electron chi connectivity index (χ3n) is 14.5. The van der Waals surface area contributed by atoms with Crippen LogP contribution < -0.4 is 37.2 Å². The Morgan fingerprint density at radius 1 is 0.231 bits per heavy atom. The van der Waals surface area contributed by atoms with Crippen molar-refractivity contribution in [3.05, 3.63) is 0 Å². The molecule has 454 valence electrons. The van der Waals surface area contributed by atoms with Gasteiger partial charge in [0.1, 0.15) is 0 Å². The molecule has 0 bridgehead atoms. The van der Waals surface area contributed by atoms with E-state index in [2.05, 4.69) is 148 Å². The molecule has 15 heteroatoms. The lowest BCUT2D eigenvalue weighted by molar-refractivity contribution is -0.130. The van der Waals surface area contributed by atoms with E-state index in [0.717, 1.165) is 51.4 Å². The quantitative estimate of drug-likeness (QED) is 0.0310. The molecule has 0 heterocycles. The molecular formula is C63H119N7O8. The summed E-state index contributed by atoms with van der Waals surface area (Å²) in [5.74, 6) is -0.760. The van der Waals surface area contributed by atoms with Crippen LogP contribution >= 0.6 is 0 Å². The molecule has 0 aliphatic carbocycles. The molecule has 0 atom stereocenters. The zero-order valence-corrected chi connectivity index (χ0v) is 52.9. The van der Waals surface area contributed by atoms with Gasteiger partial charge >= 0.3 is 0 Å². The number of amides is 7. The number of ketones is 1. The number of hydrogen-bond donors (Lipinski definition) is 7. The minimum absolute atomic E-state index is 0.0171. The van der Waals surface area contributed by atoms with Gasteiger partial charge in [0.25, 0.3) is 0 Å². The summed E-state index contributed by atoms with van der Waals surface area (Å²) in [6.45, 7) is 38.6. The molecule has 0 spiro atoms. The third-order valence-corrected chi connectivity index (χ3v) is 14.5. The maximum absolute atomic E-state index is 14.1. The molecule has 7 amide bonds. The van der Waals surface area contributed by atoms with Gasteiger partial charge in [-0.15, -0.1) is 0 Å². The summed E-state index contributed by atoms with van der Waals surface area (Å²) in [6.07, 6.45) is 8.07. The average Bonchev–Trinajstić information content (AvgIpc) is 3.31. The van der Waals surface area contributed by atoms with Crippen molar-refractivity contribution < 1.29 is 38.4 Å². The number of rotatable bonds is 44. The van der Waals surface area contributed by atoms with Crippen molar-refractivity contribution in [2.24, 2.45) is 94.7 Å². The largest absolute Gasteiger partial charge is 0.356 e. The highest BCUT2D eigenvalue weighted by Gasteiger charge is 2.29. The van der Waals surface area contributed by atoms with Crippen molar-refractivity contribution >= 4 is 47.1 Å². The lowest BCUT2D eigenvalue weighted by Crippen LogP contribution is -2.42. The summed E-state index contributed by atoms with van der Waals surface area (Å²) in [5, 5.41) is 21.3. The highest BCUT2D eigenvalue weighted by molar-refractivity contribution is 5.88. The molecule has 78 heavy (non-hydrogen) atoms. The van der Waals surface area contributed by atoms with Crippen LogP contribution in [0.5, 0.6) is 0 Å². The fourth-order valence-corrected chi connectivity index (χ4v) is 10.6. The third kappa shape index (κ3) is 35.5. The van der Waals surface area contributed by atoms with E-state index in [9.17, 15) is 38.4 Å². The molecule has 0 saturated heterocycles. The van der Waals surface area contributed by atoms with E-state index in [4.69, 9.17) is 0 Å². The predicted molar refractivity (Wildman–Crippen MR) is 319 cm³/mol. The van der Waals surface area contributed by atoms with Gasteiger partial charge in [-0.2, -0.15) is 0 Å². The van der Waals surface area contributed by atoms with Gasteiger partial charge in [0.2, 0.25) is 41.4 Å². The number of carbonyl (C=O) groups excluding carboxylic acids is 8. The molecule has 0 aliphatic heterocycles. The summed E-state index contributed by atoms with van der Waals surface area (Å²) in [5.41, 5.74) is 0. The summed E-state index contributed by atoms with van der Waals surface area (Å²) in [6, 6.07) is 0.